The van der Waals surface area contributed by atoms with E-state index in [0.717, 1.165) is 36.4 Å². The first-order valence-corrected chi connectivity index (χ1v) is 7.89. The van der Waals surface area contributed by atoms with Gasteiger partial charge in [0.05, 0.1) is 25.5 Å². The van der Waals surface area contributed by atoms with Gasteiger partial charge in [0, 0.05) is 6.54 Å². The lowest BCUT2D eigenvalue weighted by Crippen LogP contribution is -2.29. The van der Waals surface area contributed by atoms with Crippen LogP contribution in [-0.4, -0.2) is 37.3 Å². The molecule has 0 radical (unpaired) electrons. The fraction of sp³-hybridized carbons (Fsp3) is 0.533. The minimum absolute atomic E-state index is 0.0138. The molecule has 0 spiro atoms. The summed E-state index contributed by atoms with van der Waals surface area (Å²) in [6.45, 7) is 2.92. The van der Waals surface area contributed by atoms with Gasteiger partial charge in [-0.15, -0.1) is 11.8 Å². The maximum Gasteiger partial charge on any atom is 0.233 e. The summed E-state index contributed by atoms with van der Waals surface area (Å²) in [5.41, 5.74) is 0.962. The van der Waals surface area contributed by atoms with Gasteiger partial charge in [0.2, 0.25) is 5.91 Å². The van der Waals surface area contributed by atoms with Gasteiger partial charge in [0.1, 0.15) is 16.9 Å². The molecule has 2 rings (SSSR count). The maximum atomic E-state index is 12.1. The number of carbonyl (C=O) groups excluding carboxylic acids is 1. The number of thioether (sulfide) groups is 1. The molecule has 1 aromatic carbocycles. The Bertz CT molecular complexity index is 456. The highest BCUT2D eigenvalue weighted by Crippen LogP contribution is 2.46. The van der Waals surface area contributed by atoms with E-state index in [-0.39, 0.29) is 11.3 Å². The number of methoxy groups -OCH3 is 2. The van der Waals surface area contributed by atoms with Crippen molar-refractivity contribution < 1.29 is 14.3 Å². The third-order valence-corrected chi connectivity index (χ3v) is 4.65. The van der Waals surface area contributed by atoms with Gasteiger partial charge in [-0.3, -0.25) is 4.79 Å². The molecule has 0 saturated carbocycles. The first kappa shape index (κ1) is 15.0. The van der Waals surface area contributed by atoms with Crippen LogP contribution < -0.4 is 9.47 Å². The lowest BCUT2D eigenvalue weighted by molar-refractivity contribution is -0.128. The van der Waals surface area contributed by atoms with E-state index >= 15 is 0 Å². The van der Waals surface area contributed by atoms with E-state index in [9.17, 15) is 4.79 Å². The van der Waals surface area contributed by atoms with Crippen molar-refractivity contribution in [1.82, 2.24) is 4.90 Å². The van der Waals surface area contributed by atoms with E-state index in [2.05, 4.69) is 6.92 Å². The Morgan fingerprint density at radius 1 is 1.30 bits per heavy atom. The highest BCUT2D eigenvalue weighted by molar-refractivity contribution is 8.00. The minimum Gasteiger partial charge on any atom is -0.496 e. The van der Waals surface area contributed by atoms with Gasteiger partial charge >= 0.3 is 0 Å². The van der Waals surface area contributed by atoms with E-state index in [1.165, 1.54) is 0 Å². The molecule has 1 unspecified atom stereocenters. The van der Waals surface area contributed by atoms with Crippen molar-refractivity contribution in [3.05, 3.63) is 23.8 Å². The molecule has 5 heteroatoms. The molecule has 1 saturated heterocycles. The van der Waals surface area contributed by atoms with Gasteiger partial charge in [0.15, 0.2) is 0 Å². The van der Waals surface area contributed by atoms with E-state index < -0.39 is 0 Å². The summed E-state index contributed by atoms with van der Waals surface area (Å²) in [6.07, 6.45) is 2.09. The molecule has 1 aromatic rings. The van der Waals surface area contributed by atoms with E-state index in [1.807, 2.05) is 23.1 Å². The number of carbonyl (C=O) groups is 1. The summed E-state index contributed by atoms with van der Waals surface area (Å²) in [7, 11) is 3.30. The summed E-state index contributed by atoms with van der Waals surface area (Å²) in [4.78, 5) is 14.0. The Kier molecular flexibility index (Phi) is 5.17. The van der Waals surface area contributed by atoms with Crippen molar-refractivity contribution in [2.45, 2.75) is 25.1 Å². The number of hydrogen-bond donors (Lipinski definition) is 0. The molecule has 0 aliphatic carbocycles. The quantitative estimate of drug-likeness (QED) is 0.808. The number of nitrogens with zero attached hydrogens (tertiary/aromatic N) is 1. The Balaban J connectivity index is 2.36. The van der Waals surface area contributed by atoms with Crippen molar-refractivity contribution in [2.24, 2.45) is 0 Å². The summed E-state index contributed by atoms with van der Waals surface area (Å²) < 4.78 is 10.9. The number of ether oxygens (including phenoxy) is 2. The molecule has 20 heavy (non-hydrogen) atoms. The second kappa shape index (κ2) is 6.88. The monoisotopic (exact) mass is 295 g/mol. The molecular weight excluding hydrogens is 274 g/mol. The van der Waals surface area contributed by atoms with Crippen LogP contribution in [0.15, 0.2) is 18.2 Å². The zero-order chi connectivity index (χ0) is 14.5. The molecule has 1 atom stereocenters. The summed E-state index contributed by atoms with van der Waals surface area (Å²) in [6, 6.07) is 5.73. The van der Waals surface area contributed by atoms with Crippen LogP contribution in [0.2, 0.25) is 0 Å². The molecule has 0 bridgehead atoms. The van der Waals surface area contributed by atoms with Gasteiger partial charge in [0.25, 0.3) is 0 Å². The van der Waals surface area contributed by atoms with Crippen LogP contribution in [0.25, 0.3) is 0 Å². The Hall–Kier alpha value is -1.36. The fourth-order valence-electron chi connectivity index (χ4n) is 2.39. The molecule has 1 aliphatic rings. The number of unbranched alkanes of at least 4 members (excludes halogenated alkanes) is 1. The molecule has 1 heterocycles. The first-order chi connectivity index (χ1) is 9.72. The van der Waals surface area contributed by atoms with Gasteiger partial charge in [-0.25, -0.2) is 0 Å². The second-order valence-electron chi connectivity index (χ2n) is 4.68. The largest absolute Gasteiger partial charge is 0.496 e. The molecule has 1 fully saturated rings. The van der Waals surface area contributed by atoms with Gasteiger partial charge in [-0.2, -0.15) is 0 Å². The van der Waals surface area contributed by atoms with Crippen LogP contribution in [0.4, 0.5) is 0 Å². The zero-order valence-corrected chi connectivity index (χ0v) is 13.0. The zero-order valence-electron chi connectivity index (χ0n) is 12.2. The standard InChI is InChI=1S/C15H21NO3S/c1-4-5-9-16-13(17)10-20-15(16)14-11(18-2)7-6-8-12(14)19-3/h6-8,15H,4-5,9-10H2,1-3H3. The average Bonchev–Trinajstić information content (AvgIpc) is 2.84. The number of hydrogen-bond acceptors (Lipinski definition) is 4. The Morgan fingerprint density at radius 2 is 1.95 bits per heavy atom. The van der Waals surface area contributed by atoms with Crippen molar-refractivity contribution >= 4 is 17.7 Å². The third-order valence-electron chi connectivity index (χ3n) is 3.43. The second-order valence-corrected chi connectivity index (χ2v) is 5.75. The van der Waals surface area contributed by atoms with Crippen molar-refractivity contribution in [2.75, 3.05) is 26.5 Å². The summed E-state index contributed by atoms with van der Waals surface area (Å²) in [5.74, 6) is 2.27. The highest BCUT2D eigenvalue weighted by atomic mass is 32.2. The molecule has 110 valence electrons. The maximum absolute atomic E-state index is 12.1. The summed E-state index contributed by atoms with van der Waals surface area (Å²) in [5, 5.41) is -0.0138. The predicted molar refractivity (Wildman–Crippen MR) is 81.4 cm³/mol. The van der Waals surface area contributed by atoms with E-state index in [4.69, 9.17) is 9.47 Å². The van der Waals surface area contributed by atoms with Gasteiger partial charge in [-0.05, 0) is 18.6 Å². The number of benzene rings is 1. The minimum atomic E-state index is -0.0138. The molecule has 0 N–H and O–H groups in total. The SMILES string of the molecule is CCCCN1C(=O)CSC1c1c(OC)cccc1OC. The molecule has 4 nitrogen and oxygen atoms in total. The number of rotatable bonds is 6. The summed E-state index contributed by atoms with van der Waals surface area (Å²) >= 11 is 1.64. The van der Waals surface area contributed by atoms with Crippen LogP contribution in [0.1, 0.15) is 30.7 Å². The van der Waals surface area contributed by atoms with Crippen LogP contribution in [0.3, 0.4) is 0 Å². The lowest BCUT2D eigenvalue weighted by atomic mass is 10.1. The third kappa shape index (κ3) is 2.87. The van der Waals surface area contributed by atoms with Crippen molar-refractivity contribution in [1.29, 1.82) is 0 Å². The van der Waals surface area contributed by atoms with Crippen LogP contribution in [0.5, 0.6) is 11.5 Å². The molecular formula is C15H21NO3S. The van der Waals surface area contributed by atoms with E-state index in [1.54, 1.807) is 26.0 Å². The van der Waals surface area contributed by atoms with Crippen LogP contribution in [-0.2, 0) is 4.79 Å². The first-order valence-electron chi connectivity index (χ1n) is 6.84. The van der Waals surface area contributed by atoms with Crippen LogP contribution >= 0.6 is 11.8 Å². The van der Waals surface area contributed by atoms with Crippen LogP contribution in [0, 0.1) is 0 Å². The number of amides is 1. The fourth-order valence-corrected chi connectivity index (χ4v) is 3.65. The smallest absolute Gasteiger partial charge is 0.233 e. The van der Waals surface area contributed by atoms with Crippen molar-refractivity contribution in [3.63, 3.8) is 0 Å². The predicted octanol–water partition coefficient (Wildman–Crippen LogP) is 3.08. The Labute approximate surface area is 124 Å². The molecule has 0 aromatic heterocycles. The molecule has 1 amide bonds. The van der Waals surface area contributed by atoms with E-state index in [0.29, 0.717) is 5.75 Å². The molecule has 1 aliphatic heterocycles. The van der Waals surface area contributed by atoms with Crippen molar-refractivity contribution in [3.8, 4) is 11.5 Å². The van der Waals surface area contributed by atoms with Gasteiger partial charge in [-0.1, -0.05) is 19.4 Å². The Morgan fingerprint density at radius 3 is 2.50 bits per heavy atom. The topological polar surface area (TPSA) is 38.8 Å². The lowest BCUT2D eigenvalue weighted by Gasteiger charge is -2.26. The average molecular weight is 295 g/mol. The highest BCUT2D eigenvalue weighted by Gasteiger charge is 2.35. The van der Waals surface area contributed by atoms with Gasteiger partial charge < -0.3 is 14.4 Å². The normalized spacial score (nSPS) is 18.4.